The summed E-state index contributed by atoms with van der Waals surface area (Å²) >= 11 is 0. The molecule has 1 atom stereocenters. The Balaban J connectivity index is 2.00. The first-order valence-corrected chi connectivity index (χ1v) is 6.88. The molecule has 98 valence electrons. The Morgan fingerprint density at radius 2 is 1.56 bits per heavy atom. The van der Waals surface area contributed by atoms with E-state index in [2.05, 4.69) is 0 Å². The molecule has 0 aliphatic carbocycles. The average Bonchev–Trinajstić information content (AvgIpc) is 2.38. The van der Waals surface area contributed by atoms with Crippen LogP contribution in [0.25, 0.3) is 0 Å². The molecule has 2 N–H and O–H groups in total. The van der Waals surface area contributed by atoms with Gasteiger partial charge in [0.05, 0.1) is 0 Å². The Morgan fingerprint density at radius 3 is 2.17 bits per heavy atom. The van der Waals surface area contributed by atoms with Crippen LogP contribution in [0.15, 0.2) is 30.3 Å². The molecule has 18 heavy (non-hydrogen) atoms. The number of hydrogen-bond donors (Lipinski definition) is 1. The van der Waals surface area contributed by atoms with Gasteiger partial charge in [-0.2, -0.15) is 0 Å². The van der Waals surface area contributed by atoms with Gasteiger partial charge in [0, 0.05) is 13.1 Å². The topological polar surface area (TPSA) is 46.3 Å². The zero-order chi connectivity index (χ0) is 12.8. The molecule has 0 spiro atoms. The standard InChI is InChI=1S/C15H22N2O/c16-14(13-9-5-4-6-10-13)15(18)17-11-7-2-1-3-8-12-17/h4-6,9-10,14H,1-3,7-8,11-12,16H2/t14-/m0/s1. The highest BCUT2D eigenvalue weighted by Crippen LogP contribution is 2.16. The third-order valence-electron chi connectivity index (χ3n) is 3.59. The molecule has 0 unspecified atom stereocenters. The average molecular weight is 246 g/mol. The van der Waals surface area contributed by atoms with E-state index in [0.717, 1.165) is 31.5 Å². The van der Waals surface area contributed by atoms with Crippen molar-refractivity contribution >= 4 is 5.91 Å². The normalized spacial score (nSPS) is 18.8. The number of carbonyl (C=O) groups excluding carboxylic acids is 1. The third kappa shape index (κ3) is 3.33. The third-order valence-corrected chi connectivity index (χ3v) is 3.59. The van der Waals surface area contributed by atoms with Crippen molar-refractivity contribution in [3.8, 4) is 0 Å². The predicted octanol–water partition coefficient (Wildman–Crippen LogP) is 2.48. The number of hydrogen-bond acceptors (Lipinski definition) is 2. The molecule has 1 aliphatic heterocycles. The van der Waals surface area contributed by atoms with E-state index < -0.39 is 6.04 Å². The number of carbonyl (C=O) groups is 1. The van der Waals surface area contributed by atoms with Gasteiger partial charge in [-0.15, -0.1) is 0 Å². The molecular weight excluding hydrogens is 224 g/mol. The van der Waals surface area contributed by atoms with Gasteiger partial charge in [-0.25, -0.2) is 0 Å². The fraction of sp³-hybridized carbons (Fsp3) is 0.533. The summed E-state index contributed by atoms with van der Waals surface area (Å²) < 4.78 is 0. The molecule has 0 aromatic heterocycles. The van der Waals surface area contributed by atoms with E-state index >= 15 is 0 Å². The minimum absolute atomic E-state index is 0.0723. The molecule has 3 heteroatoms. The smallest absolute Gasteiger partial charge is 0.244 e. The van der Waals surface area contributed by atoms with Crippen LogP contribution in [-0.2, 0) is 4.79 Å². The zero-order valence-electron chi connectivity index (χ0n) is 10.8. The minimum Gasteiger partial charge on any atom is -0.341 e. The van der Waals surface area contributed by atoms with Gasteiger partial charge in [0.25, 0.3) is 0 Å². The molecule has 1 heterocycles. The van der Waals surface area contributed by atoms with E-state index in [9.17, 15) is 4.79 Å². The summed E-state index contributed by atoms with van der Waals surface area (Å²) in [6.45, 7) is 1.72. The Bertz CT molecular complexity index is 369. The Hall–Kier alpha value is -1.35. The summed E-state index contributed by atoms with van der Waals surface area (Å²) in [5.74, 6) is 0.0723. The predicted molar refractivity (Wildman–Crippen MR) is 73.0 cm³/mol. The van der Waals surface area contributed by atoms with E-state index in [1.54, 1.807) is 0 Å². The van der Waals surface area contributed by atoms with E-state index in [1.165, 1.54) is 19.3 Å². The van der Waals surface area contributed by atoms with Gasteiger partial charge < -0.3 is 10.6 Å². The Morgan fingerprint density at radius 1 is 1.00 bits per heavy atom. The first-order valence-electron chi connectivity index (χ1n) is 6.88. The quantitative estimate of drug-likeness (QED) is 0.871. The summed E-state index contributed by atoms with van der Waals surface area (Å²) in [6, 6.07) is 9.13. The molecule has 1 aromatic carbocycles. The lowest BCUT2D eigenvalue weighted by molar-refractivity contribution is -0.133. The zero-order valence-corrected chi connectivity index (χ0v) is 10.8. The van der Waals surface area contributed by atoms with Crippen molar-refractivity contribution in [3.63, 3.8) is 0 Å². The molecule has 1 amide bonds. The van der Waals surface area contributed by atoms with Crippen LogP contribution in [0.1, 0.15) is 43.7 Å². The fourth-order valence-corrected chi connectivity index (χ4v) is 2.47. The van der Waals surface area contributed by atoms with E-state index in [0.29, 0.717) is 0 Å². The SMILES string of the molecule is N[C@H](C(=O)N1CCCCCCC1)c1ccccc1. The van der Waals surface area contributed by atoms with Gasteiger partial charge in [-0.1, -0.05) is 49.6 Å². The highest BCUT2D eigenvalue weighted by atomic mass is 16.2. The van der Waals surface area contributed by atoms with Crippen LogP contribution in [-0.4, -0.2) is 23.9 Å². The maximum absolute atomic E-state index is 12.4. The second-order valence-electron chi connectivity index (χ2n) is 4.98. The lowest BCUT2D eigenvalue weighted by atomic mass is 10.0. The molecule has 0 saturated carbocycles. The van der Waals surface area contributed by atoms with Gasteiger partial charge >= 0.3 is 0 Å². The van der Waals surface area contributed by atoms with Crippen LogP contribution in [0, 0.1) is 0 Å². The highest BCUT2D eigenvalue weighted by Gasteiger charge is 2.22. The molecule has 1 saturated heterocycles. The number of benzene rings is 1. The van der Waals surface area contributed by atoms with E-state index in [-0.39, 0.29) is 5.91 Å². The van der Waals surface area contributed by atoms with Gasteiger partial charge in [-0.05, 0) is 18.4 Å². The molecule has 0 bridgehead atoms. The van der Waals surface area contributed by atoms with Gasteiger partial charge in [0.2, 0.25) is 5.91 Å². The van der Waals surface area contributed by atoms with Crippen molar-refractivity contribution < 1.29 is 4.79 Å². The van der Waals surface area contributed by atoms with Crippen LogP contribution >= 0.6 is 0 Å². The van der Waals surface area contributed by atoms with Crippen LogP contribution in [0.3, 0.4) is 0 Å². The summed E-state index contributed by atoms with van der Waals surface area (Å²) in [4.78, 5) is 14.3. The molecular formula is C15H22N2O. The van der Waals surface area contributed by atoms with Crippen LogP contribution in [0.5, 0.6) is 0 Å². The maximum Gasteiger partial charge on any atom is 0.244 e. The molecule has 1 aromatic rings. The molecule has 0 radical (unpaired) electrons. The lowest BCUT2D eigenvalue weighted by Crippen LogP contribution is -2.40. The number of nitrogens with zero attached hydrogens (tertiary/aromatic N) is 1. The van der Waals surface area contributed by atoms with Crippen LogP contribution < -0.4 is 5.73 Å². The molecule has 1 aliphatic rings. The second kappa shape index (κ2) is 6.55. The van der Waals surface area contributed by atoms with E-state index in [1.807, 2.05) is 35.2 Å². The largest absolute Gasteiger partial charge is 0.341 e. The van der Waals surface area contributed by atoms with Crippen molar-refractivity contribution in [1.29, 1.82) is 0 Å². The lowest BCUT2D eigenvalue weighted by Gasteiger charge is -2.27. The Kier molecular flexibility index (Phi) is 4.76. The molecule has 2 rings (SSSR count). The summed E-state index contributed by atoms with van der Waals surface area (Å²) in [6.07, 6.45) is 5.96. The highest BCUT2D eigenvalue weighted by molar-refractivity contribution is 5.83. The summed E-state index contributed by atoms with van der Waals surface area (Å²) in [5, 5.41) is 0. The fourth-order valence-electron chi connectivity index (χ4n) is 2.47. The number of nitrogens with two attached hydrogens (primary N) is 1. The molecule has 1 fully saturated rings. The van der Waals surface area contributed by atoms with Crippen molar-refractivity contribution in [1.82, 2.24) is 4.90 Å². The second-order valence-corrected chi connectivity index (χ2v) is 4.98. The van der Waals surface area contributed by atoms with Crippen LogP contribution in [0.4, 0.5) is 0 Å². The first kappa shape index (κ1) is 13.1. The van der Waals surface area contributed by atoms with Gasteiger partial charge in [-0.3, -0.25) is 4.79 Å². The minimum atomic E-state index is -0.509. The first-order chi connectivity index (χ1) is 8.79. The van der Waals surface area contributed by atoms with Crippen molar-refractivity contribution in [2.75, 3.05) is 13.1 Å². The number of likely N-dealkylation sites (tertiary alicyclic amines) is 1. The summed E-state index contributed by atoms with van der Waals surface area (Å²) in [7, 11) is 0. The number of rotatable bonds is 2. The van der Waals surface area contributed by atoms with Crippen molar-refractivity contribution in [2.24, 2.45) is 5.73 Å². The van der Waals surface area contributed by atoms with Gasteiger partial charge in [0.1, 0.15) is 6.04 Å². The van der Waals surface area contributed by atoms with Crippen molar-refractivity contribution in [2.45, 2.75) is 38.1 Å². The number of amides is 1. The summed E-state index contributed by atoms with van der Waals surface area (Å²) in [5.41, 5.74) is 6.98. The monoisotopic (exact) mass is 246 g/mol. The Labute approximate surface area is 109 Å². The van der Waals surface area contributed by atoms with E-state index in [4.69, 9.17) is 5.73 Å². The van der Waals surface area contributed by atoms with Crippen LogP contribution in [0.2, 0.25) is 0 Å². The maximum atomic E-state index is 12.4. The van der Waals surface area contributed by atoms with Crippen molar-refractivity contribution in [3.05, 3.63) is 35.9 Å². The van der Waals surface area contributed by atoms with Gasteiger partial charge in [0.15, 0.2) is 0 Å². The molecule has 3 nitrogen and oxygen atoms in total.